The van der Waals surface area contributed by atoms with Gasteiger partial charge in [0, 0.05) is 10.2 Å². The van der Waals surface area contributed by atoms with Crippen LogP contribution in [0, 0.1) is 23.0 Å². The second kappa shape index (κ2) is 6.02. The van der Waals surface area contributed by atoms with Crippen LogP contribution in [0.1, 0.15) is 18.1 Å². The molecule has 0 aliphatic carbocycles. The van der Waals surface area contributed by atoms with Crippen LogP contribution in [-0.2, 0) is 6.42 Å². The van der Waals surface area contributed by atoms with Crippen molar-refractivity contribution in [3.8, 4) is 6.07 Å². The number of nitrogens with zero attached hydrogens (tertiary/aromatic N) is 1. The van der Waals surface area contributed by atoms with E-state index in [1.54, 1.807) is 18.2 Å². The van der Waals surface area contributed by atoms with Gasteiger partial charge in [-0.15, -0.1) is 0 Å². The highest BCUT2D eigenvalue weighted by Gasteiger charge is 2.13. The van der Waals surface area contributed by atoms with Crippen LogP contribution in [0.2, 0.25) is 0 Å². The smallest absolute Gasteiger partial charge is 0.150 e. The molecule has 2 rings (SSSR count). The van der Waals surface area contributed by atoms with Crippen molar-refractivity contribution in [3.05, 3.63) is 57.6 Å². The number of anilines is 2. The molecule has 0 radical (unpaired) electrons. The number of nitriles is 1. The fourth-order valence-electron chi connectivity index (χ4n) is 1.87. The monoisotopic (exact) mass is 336 g/mol. The van der Waals surface area contributed by atoms with Gasteiger partial charge in [-0.3, -0.25) is 0 Å². The Bertz CT molecular complexity index is 670. The predicted octanol–water partition coefficient (Wildman–Crippen LogP) is 4.90. The Labute approximate surface area is 124 Å². The highest BCUT2D eigenvalue weighted by atomic mass is 79.9. The number of nitrogens with one attached hydrogen (secondary N) is 1. The lowest BCUT2D eigenvalue weighted by molar-refractivity contribution is 0.590. The molecular weight excluding hydrogens is 326 g/mol. The lowest BCUT2D eigenvalue weighted by Crippen LogP contribution is -2.01. The van der Waals surface area contributed by atoms with E-state index in [1.807, 2.05) is 13.0 Å². The van der Waals surface area contributed by atoms with Gasteiger partial charge >= 0.3 is 0 Å². The first-order chi connectivity index (χ1) is 9.55. The van der Waals surface area contributed by atoms with Crippen molar-refractivity contribution in [1.82, 2.24) is 0 Å². The van der Waals surface area contributed by atoms with E-state index in [0.29, 0.717) is 5.69 Å². The van der Waals surface area contributed by atoms with Crippen molar-refractivity contribution in [2.75, 3.05) is 5.32 Å². The molecule has 5 heteroatoms. The van der Waals surface area contributed by atoms with Gasteiger partial charge in [0.25, 0.3) is 0 Å². The molecule has 0 unspecified atom stereocenters. The normalized spacial score (nSPS) is 10.2. The second-order valence-electron chi connectivity index (χ2n) is 4.21. The van der Waals surface area contributed by atoms with Gasteiger partial charge in [-0.05, 0) is 42.3 Å². The van der Waals surface area contributed by atoms with Crippen molar-refractivity contribution >= 4 is 27.3 Å². The van der Waals surface area contributed by atoms with E-state index in [1.165, 1.54) is 0 Å². The van der Waals surface area contributed by atoms with Gasteiger partial charge < -0.3 is 5.32 Å². The zero-order valence-electron chi connectivity index (χ0n) is 10.7. The van der Waals surface area contributed by atoms with Gasteiger partial charge in [0.15, 0.2) is 11.6 Å². The zero-order valence-corrected chi connectivity index (χ0v) is 12.3. The quantitative estimate of drug-likeness (QED) is 0.864. The highest BCUT2D eigenvalue weighted by Crippen LogP contribution is 2.28. The van der Waals surface area contributed by atoms with Gasteiger partial charge in [0.05, 0.1) is 11.6 Å². The van der Waals surface area contributed by atoms with Crippen LogP contribution in [0.15, 0.2) is 34.8 Å². The van der Waals surface area contributed by atoms with Crippen LogP contribution in [0.4, 0.5) is 20.2 Å². The summed E-state index contributed by atoms with van der Waals surface area (Å²) in [6.07, 6.45) is 0.724. The number of aryl methyl sites for hydroxylation is 1. The number of halogens is 3. The van der Waals surface area contributed by atoms with Crippen LogP contribution in [0.3, 0.4) is 0 Å². The van der Waals surface area contributed by atoms with E-state index < -0.39 is 11.6 Å². The summed E-state index contributed by atoms with van der Waals surface area (Å²) in [6, 6.07) is 9.17. The second-order valence-corrected chi connectivity index (χ2v) is 5.12. The lowest BCUT2D eigenvalue weighted by atomic mass is 10.1. The molecule has 20 heavy (non-hydrogen) atoms. The molecule has 2 nitrogen and oxygen atoms in total. The number of hydrogen-bond donors (Lipinski definition) is 1. The van der Waals surface area contributed by atoms with E-state index in [9.17, 15) is 8.78 Å². The standard InChI is InChI=1S/C15H11BrF2N2/c1-2-10-7-11(16)3-4-14(10)20-15-12(17)5-9(8-19)6-13(15)18/h3-7,20H,2H2,1H3. The molecule has 0 atom stereocenters. The molecule has 0 bridgehead atoms. The summed E-state index contributed by atoms with van der Waals surface area (Å²) in [4.78, 5) is 0. The minimum absolute atomic E-state index is 0.0444. The minimum atomic E-state index is -0.786. The molecule has 0 amide bonds. The summed E-state index contributed by atoms with van der Waals surface area (Å²) in [5.41, 5.74) is 1.28. The van der Waals surface area contributed by atoms with Crippen LogP contribution in [0.5, 0.6) is 0 Å². The van der Waals surface area contributed by atoms with Gasteiger partial charge in [0.1, 0.15) is 5.69 Å². The van der Waals surface area contributed by atoms with Gasteiger partial charge in [-0.2, -0.15) is 5.26 Å². The first kappa shape index (κ1) is 14.5. The molecular formula is C15H11BrF2N2. The van der Waals surface area contributed by atoms with Gasteiger partial charge in [-0.25, -0.2) is 8.78 Å². The summed E-state index contributed by atoms with van der Waals surface area (Å²) >= 11 is 3.36. The molecule has 0 saturated carbocycles. The van der Waals surface area contributed by atoms with E-state index in [4.69, 9.17) is 5.26 Å². The van der Waals surface area contributed by atoms with Crippen LogP contribution >= 0.6 is 15.9 Å². The Morgan fingerprint density at radius 3 is 2.40 bits per heavy atom. The molecule has 0 fully saturated rings. The van der Waals surface area contributed by atoms with Gasteiger partial charge in [-0.1, -0.05) is 22.9 Å². The Morgan fingerprint density at radius 2 is 1.85 bits per heavy atom. The molecule has 0 spiro atoms. The average molecular weight is 337 g/mol. The number of benzene rings is 2. The van der Waals surface area contributed by atoms with Crippen molar-refractivity contribution in [3.63, 3.8) is 0 Å². The maximum Gasteiger partial charge on any atom is 0.150 e. The molecule has 2 aromatic rings. The third kappa shape index (κ3) is 2.97. The van der Waals surface area contributed by atoms with Crippen LogP contribution in [0.25, 0.3) is 0 Å². The Kier molecular flexibility index (Phi) is 4.35. The maximum atomic E-state index is 13.8. The topological polar surface area (TPSA) is 35.8 Å². The third-order valence-electron chi connectivity index (χ3n) is 2.88. The summed E-state index contributed by atoms with van der Waals surface area (Å²) in [5, 5.41) is 11.4. The number of hydrogen-bond acceptors (Lipinski definition) is 2. The fourth-order valence-corrected chi connectivity index (χ4v) is 2.28. The lowest BCUT2D eigenvalue weighted by Gasteiger charge is -2.13. The van der Waals surface area contributed by atoms with Gasteiger partial charge in [0.2, 0.25) is 0 Å². The predicted molar refractivity (Wildman–Crippen MR) is 77.9 cm³/mol. The van der Waals surface area contributed by atoms with E-state index in [2.05, 4.69) is 21.2 Å². The first-order valence-electron chi connectivity index (χ1n) is 5.99. The van der Waals surface area contributed by atoms with E-state index in [0.717, 1.165) is 28.6 Å². The summed E-state index contributed by atoms with van der Waals surface area (Å²) in [5.74, 6) is -1.57. The first-order valence-corrected chi connectivity index (χ1v) is 6.79. The summed E-state index contributed by atoms with van der Waals surface area (Å²) in [7, 11) is 0. The maximum absolute atomic E-state index is 13.8. The molecule has 0 aliphatic heterocycles. The third-order valence-corrected chi connectivity index (χ3v) is 3.37. The molecule has 0 aromatic heterocycles. The zero-order chi connectivity index (χ0) is 14.7. The SMILES string of the molecule is CCc1cc(Br)ccc1Nc1c(F)cc(C#N)cc1F. The fraction of sp³-hybridized carbons (Fsp3) is 0.133. The largest absolute Gasteiger partial charge is 0.351 e. The van der Waals surface area contributed by atoms with Crippen LogP contribution in [-0.4, -0.2) is 0 Å². The van der Waals surface area contributed by atoms with Crippen molar-refractivity contribution in [2.45, 2.75) is 13.3 Å². The summed E-state index contributed by atoms with van der Waals surface area (Å²) in [6.45, 7) is 1.96. The molecule has 2 aromatic carbocycles. The van der Waals surface area contributed by atoms with Crippen molar-refractivity contribution in [2.24, 2.45) is 0 Å². The van der Waals surface area contributed by atoms with Crippen molar-refractivity contribution in [1.29, 1.82) is 5.26 Å². The Balaban J connectivity index is 2.43. The minimum Gasteiger partial charge on any atom is -0.351 e. The average Bonchev–Trinajstić information content (AvgIpc) is 2.43. The van der Waals surface area contributed by atoms with Crippen LogP contribution < -0.4 is 5.32 Å². The molecule has 1 N–H and O–H groups in total. The molecule has 0 heterocycles. The summed E-state index contributed by atoms with van der Waals surface area (Å²) < 4.78 is 28.6. The van der Waals surface area contributed by atoms with Crippen molar-refractivity contribution < 1.29 is 8.78 Å². The highest BCUT2D eigenvalue weighted by molar-refractivity contribution is 9.10. The molecule has 0 saturated heterocycles. The molecule has 102 valence electrons. The van der Waals surface area contributed by atoms with E-state index >= 15 is 0 Å². The van der Waals surface area contributed by atoms with E-state index in [-0.39, 0.29) is 11.3 Å². The number of rotatable bonds is 3. The Morgan fingerprint density at radius 1 is 1.20 bits per heavy atom. The molecule has 0 aliphatic rings. The Hall–Kier alpha value is -1.93.